The van der Waals surface area contributed by atoms with Gasteiger partial charge in [-0.05, 0) is 6.92 Å². The van der Waals surface area contributed by atoms with Crippen molar-refractivity contribution in [1.82, 2.24) is 13.9 Å². The van der Waals surface area contributed by atoms with Crippen LogP contribution in [0.3, 0.4) is 0 Å². The van der Waals surface area contributed by atoms with Gasteiger partial charge in [0.25, 0.3) is 0 Å². The smallest absolute Gasteiger partial charge is 0.370 e. The van der Waals surface area contributed by atoms with E-state index < -0.39 is 17.1 Å². The summed E-state index contributed by atoms with van der Waals surface area (Å²) in [5, 5.41) is 0. The molecule has 2 fully saturated rings. The molecule has 110 valence electrons. The Kier molecular flexibility index (Phi) is 3.22. The molecule has 2 unspecified atom stereocenters. The van der Waals surface area contributed by atoms with E-state index in [4.69, 9.17) is 14.3 Å². The van der Waals surface area contributed by atoms with Gasteiger partial charge in [-0.25, -0.2) is 23.5 Å². The Balaban J connectivity index is 2.11. The van der Waals surface area contributed by atoms with Crippen molar-refractivity contribution in [3.05, 3.63) is 31.5 Å². The summed E-state index contributed by atoms with van der Waals surface area (Å²) in [6, 6.07) is 0. The second kappa shape index (κ2) is 4.91. The van der Waals surface area contributed by atoms with E-state index in [0.29, 0.717) is 17.9 Å². The van der Waals surface area contributed by atoms with Crippen LogP contribution in [0.15, 0.2) is 14.4 Å². The van der Waals surface area contributed by atoms with Crippen LogP contribution in [0, 0.1) is 0 Å². The Morgan fingerprint density at radius 2 is 1.45 bits per heavy atom. The molecule has 3 heterocycles. The first-order valence-corrected chi connectivity index (χ1v) is 6.45. The van der Waals surface area contributed by atoms with Crippen molar-refractivity contribution in [3.63, 3.8) is 0 Å². The van der Waals surface area contributed by atoms with Crippen LogP contribution in [0.25, 0.3) is 0 Å². The van der Waals surface area contributed by atoms with Gasteiger partial charge in [0.2, 0.25) is 0 Å². The van der Waals surface area contributed by atoms with E-state index in [1.54, 1.807) is 6.92 Å². The van der Waals surface area contributed by atoms with Crippen LogP contribution in [0.1, 0.15) is 6.92 Å². The molecule has 2 saturated heterocycles. The lowest BCUT2D eigenvalue weighted by Gasteiger charge is -2.12. The van der Waals surface area contributed by atoms with Gasteiger partial charge < -0.3 is 14.3 Å². The fourth-order valence-electron chi connectivity index (χ4n) is 1.92. The molecule has 0 spiro atoms. The van der Waals surface area contributed by atoms with Crippen molar-refractivity contribution < 1.29 is 14.3 Å². The molecule has 20 heavy (non-hydrogen) atoms. The topological polar surface area (TPSA) is 100 Å². The van der Waals surface area contributed by atoms with Crippen LogP contribution in [-0.4, -0.2) is 45.9 Å². The Labute approximate surface area is 112 Å². The second-order valence-corrected chi connectivity index (χ2v) is 4.69. The predicted octanol–water partition coefficient (Wildman–Crippen LogP) is -2.58. The zero-order valence-corrected chi connectivity index (χ0v) is 11.0. The molecule has 0 saturated carbocycles. The molecule has 3 rings (SSSR count). The molecule has 0 N–H and O–H groups in total. The maximum Gasteiger partial charge on any atom is 0.370 e. The number of hydrogen-bond donors (Lipinski definition) is 0. The first kappa shape index (κ1) is 13.1. The van der Waals surface area contributed by atoms with E-state index in [9.17, 15) is 14.4 Å². The Hall–Kier alpha value is -1.87. The summed E-state index contributed by atoms with van der Waals surface area (Å²) in [7, 11) is 0. The van der Waals surface area contributed by atoms with Crippen LogP contribution in [-0.2, 0) is 22.6 Å². The third-order valence-corrected chi connectivity index (χ3v) is 3.11. The highest BCUT2D eigenvalue weighted by atomic mass is 16.7. The SMILES string of the molecule is CCOn1c(=O)n(CC2CO2)c(=O)n(CC2CO2)c1=O. The molecule has 1 aromatic heterocycles. The number of nitrogens with zero attached hydrogens (tertiary/aromatic N) is 3. The van der Waals surface area contributed by atoms with E-state index >= 15 is 0 Å². The third kappa shape index (κ3) is 2.41. The fourth-order valence-corrected chi connectivity index (χ4v) is 1.92. The maximum atomic E-state index is 12.2. The third-order valence-electron chi connectivity index (χ3n) is 3.11. The highest BCUT2D eigenvalue weighted by Gasteiger charge is 2.29. The number of aromatic nitrogens is 3. The molecule has 0 aliphatic carbocycles. The summed E-state index contributed by atoms with van der Waals surface area (Å²) in [4.78, 5) is 41.5. The molecule has 9 heteroatoms. The lowest BCUT2D eigenvalue weighted by molar-refractivity contribution is 0.0862. The van der Waals surface area contributed by atoms with Gasteiger partial charge in [0.1, 0.15) is 6.61 Å². The zero-order chi connectivity index (χ0) is 14.3. The lowest BCUT2D eigenvalue weighted by Crippen LogP contribution is -2.57. The van der Waals surface area contributed by atoms with Crippen molar-refractivity contribution >= 4 is 0 Å². The first-order chi connectivity index (χ1) is 9.61. The van der Waals surface area contributed by atoms with Gasteiger partial charge in [-0.15, -0.1) is 0 Å². The minimum absolute atomic E-state index is 0.122. The number of hydrogen-bond acceptors (Lipinski definition) is 6. The monoisotopic (exact) mass is 285 g/mol. The minimum atomic E-state index is -0.773. The standard InChI is InChI=1S/C11H15N3O6/c1-2-20-14-10(16)12(3-7-5-18-7)9(15)13(11(14)17)4-8-6-19-8/h7-8H,2-6H2,1H3. The van der Waals surface area contributed by atoms with Crippen molar-refractivity contribution in [2.75, 3.05) is 19.8 Å². The second-order valence-electron chi connectivity index (χ2n) is 4.69. The minimum Gasteiger partial charge on any atom is -0.405 e. The summed E-state index contributed by atoms with van der Waals surface area (Å²) in [6.07, 6.45) is -0.308. The molecule has 0 amide bonds. The van der Waals surface area contributed by atoms with E-state index in [-0.39, 0.29) is 31.9 Å². The average Bonchev–Trinajstić information content (AvgIpc) is 3.30. The number of rotatable bonds is 6. The van der Waals surface area contributed by atoms with Gasteiger partial charge in [0.15, 0.2) is 0 Å². The van der Waals surface area contributed by atoms with Crippen molar-refractivity contribution in [2.24, 2.45) is 0 Å². The fraction of sp³-hybridized carbons (Fsp3) is 0.727. The molecule has 2 atom stereocenters. The van der Waals surface area contributed by atoms with Crippen LogP contribution >= 0.6 is 0 Å². The molecule has 0 aromatic carbocycles. The predicted molar refractivity (Wildman–Crippen MR) is 65.8 cm³/mol. The van der Waals surface area contributed by atoms with Gasteiger partial charge in [0.05, 0.1) is 38.5 Å². The van der Waals surface area contributed by atoms with Crippen molar-refractivity contribution in [1.29, 1.82) is 0 Å². The molecular formula is C11H15N3O6. The van der Waals surface area contributed by atoms with E-state index in [1.807, 2.05) is 0 Å². The Morgan fingerprint density at radius 3 is 1.80 bits per heavy atom. The summed E-state index contributed by atoms with van der Waals surface area (Å²) >= 11 is 0. The van der Waals surface area contributed by atoms with Gasteiger partial charge in [-0.3, -0.25) is 0 Å². The van der Waals surface area contributed by atoms with Crippen LogP contribution in [0.5, 0.6) is 0 Å². The highest BCUT2D eigenvalue weighted by Crippen LogP contribution is 2.10. The molecular weight excluding hydrogens is 270 g/mol. The van der Waals surface area contributed by atoms with Crippen molar-refractivity contribution in [3.8, 4) is 0 Å². The van der Waals surface area contributed by atoms with E-state index in [2.05, 4.69) is 0 Å². The molecule has 2 aliphatic rings. The maximum absolute atomic E-state index is 12.2. The summed E-state index contributed by atoms with van der Waals surface area (Å²) in [5.74, 6) is 0. The quantitative estimate of drug-likeness (QED) is 0.532. The summed E-state index contributed by atoms with van der Waals surface area (Å²) in [5.41, 5.74) is -2.20. The van der Waals surface area contributed by atoms with Gasteiger partial charge in [-0.2, -0.15) is 0 Å². The van der Waals surface area contributed by atoms with Crippen LogP contribution in [0.4, 0.5) is 0 Å². The molecule has 2 aliphatic heterocycles. The normalized spacial score (nSPS) is 23.6. The van der Waals surface area contributed by atoms with Crippen LogP contribution < -0.4 is 21.9 Å². The van der Waals surface area contributed by atoms with Gasteiger partial charge in [0, 0.05) is 0 Å². The van der Waals surface area contributed by atoms with Crippen molar-refractivity contribution in [2.45, 2.75) is 32.2 Å². The average molecular weight is 285 g/mol. The Bertz CT molecular complexity index is 627. The van der Waals surface area contributed by atoms with Crippen LogP contribution in [0.2, 0.25) is 0 Å². The number of ether oxygens (including phenoxy) is 2. The highest BCUT2D eigenvalue weighted by molar-refractivity contribution is 4.83. The lowest BCUT2D eigenvalue weighted by atomic mass is 10.4. The molecule has 0 radical (unpaired) electrons. The van der Waals surface area contributed by atoms with Gasteiger partial charge >= 0.3 is 17.1 Å². The first-order valence-electron chi connectivity index (χ1n) is 6.45. The summed E-state index contributed by atoms with van der Waals surface area (Å²) in [6.45, 7) is 3.05. The largest absolute Gasteiger partial charge is 0.405 e. The van der Waals surface area contributed by atoms with E-state index in [0.717, 1.165) is 9.13 Å². The molecule has 9 nitrogen and oxygen atoms in total. The van der Waals surface area contributed by atoms with E-state index in [1.165, 1.54) is 0 Å². The zero-order valence-electron chi connectivity index (χ0n) is 11.0. The summed E-state index contributed by atoms with van der Waals surface area (Å²) < 4.78 is 12.6. The van der Waals surface area contributed by atoms with Gasteiger partial charge in [-0.1, -0.05) is 4.73 Å². The molecule has 0 bridgehead atoms. The Morgan fingerprint density at radius 1 is 1.00 bits per heavy atom. The molecule has 1 aromatic rings. The number of epoxide rings is 2.